The number of hydrogen-bond acceptors (Lipinski definition) is 2. The maximum atomic E-state index is 7.07. The second-order valence-corrected chi connectivity index (χ2v) is 22.3. The summed E-state index contributed by atoms with van der Waals surface area (Å²) in [4.78, 5) is 0. The molecule has 184 valence electrons. The summed E-state index contributed by atoms with van der Waals surface area (Å²) in [6, 6.07) is 0. The third-order valence-electron chi connectivity index (χ3n) is 7.89. The Balaban J connectivity index is 5.91. The zero-order valence-electron chi connectivity index (χ0n) is 23.2. The molecule has 0 amide bonds. The quantitative estimate of drug-likeness (QED) is 0.187. The molecular weight excluding hydrogens is 412 g/mol. The summed E-state index contributed by atoms with van der Waals surface area (Å²) in [5.41, 5.74) is 0. The molecule has 0 aromatic rings. The molecule has 4 heteroatoms. The topological polar surface area (TPSA) is 18.5 Å². The SMILES string of the molecule is C=CCC[C@H](C)[C@@H](C[C@@H](O[Si](C)(C)C(C)(C)C)[C@@H](C)CCC=C)O[Si](C)(C)C(C)(C)C. The lowest BCUT2D eigenvalue weighted by atomic mass is 9.89. The van der Waals surface area contributed by atoms with E-state index < -0.39 is 16.6 Å². The van der Waals surface area contributed by atoms with E-state index in [4.69, 9.17) is 8.85 Å². The van der Waals surface area contributed by atoms with E-state index in [0.29, 0.717) is 11.8 Å². The Hall–Kier alpha value is -0.166. The van der Waals surface area contributed by atoms with Crippen LogP contribution >= 0.6 is 0 Å². The second kappa shape index (κ2) is 12.3. The molecule has 0 radical (unpaired) electrons. The molecule has 0 spiro atoms. The lowest BCUT2D eigenvalue weighted by molar-refractivity contribution is 0.0338. The van der Waals surface area contributed by atoms with E-state index in [1.54, 1.807) is 0 Å². The molecule has 0 heterocycles. The molecule has 0 saturated heterocycles. The average Bonchev–Trinajstić information content (AvgIpc) is 2.60. The predicted molar refractivity (Wildman–Crippen MR) is 146 cm³/mol. The summed E-state index contributed by atoms with van der Waals surface area (Å²) < 4.78 is 14.1. The summed E-state index contributed by atoms with van der Waals surface area (Å²) >= 11 is 0. The first-order chi connectivity index (χ1) is 13.9. The van der Waals surface area contributed by atoms with Gasteiger partial charge in [-0.3, -0.25) is 0 Å². The molecule has 0 aliphatic rings. The van der Waals surface area contributed by atoms with Crippen molar-refractivity contribution >= 4 is 16.6 Å². The average molecular weight is 469 g/mol. The molecule has 0 bridgehead atoms. The fourth-order valence-electron chi connectivity index (χ4n) is 3.27. The number of allylic oxidation sites excluding steroid dienone is 2. The predicted octanol–water partition coefficient (Wildman–Crippen LogP) is 9.36. The van der Waals surface area contributed by atoms with Crippen LogP contribution in [0.5, 0.6) is 0 Å². The van der Waals surface area contributed by atoms with Gasteiger partial charge in [0.15, 0.2) is 16.6 Å². The Kier molecular flexibility index (Phi) is 12.3. The van der Waals surface area contributed by atoms with Gasteiger partial charge in [0.05, 0.1) is 12.2 Å². The summed E-state index contributed by atoms with van der Waals surface area (Å²) in [6.07, 6.45) is 9.83. The highest BCUT2D eigenvalue weighted by atomic mass is 28.4. The highest BCUT2D eigenvalue weighted by Crippen LogP contribution is 2.42. The Morgan fingerprint density at radius 2 is 0.968 bits per heavy atom. The maximum absolute atomic E-state index is 7.07. The molecule has 0 fully saturated rings. The van der Waals surface area contributed by atoms with Crippen LogP contribution in [-0.2, 0) is 8.85 Å². The Bertz CT molecular complexity index is 492. The van der Waals surface area contributed by atoms with Gasteiger partial charge in [-0.1, -0.05) is 67.5 Å². The van der Waals surface area contributed by atoms with Gasteiger partial charge in [0.1, 0.15) is 0 Å². The minimum atomic E-state index is -1.88. The van der Waals surface area contributed by atoms with Crippen molar-refractivity contribution in [1.82, 2.24) is 0 Å². The van der Waals surface area contributed by atoms with E-state index in [1.165, 1.54) is 0 Å². The van der Waals surface area contributed by atoms with E-state index in [9.17, 15) is 0 Å². The van der Waals surface area contributed by atoms with Crippen molar-refractivity contribution < 1.29 is 8.85 Å². The normalized spacial score (nSPS) is 17.7. The first kappa shape index (κ1) is 30.8. The highest BCUT2D eigenvalue weighted by molar-refractivity contribution is 6.74. The molecule has 0 unspecified atom stereocenters. The fraction of sp³-hybridized carbons (Fsp3) is 0.852. The molecule has 0 rings (SSSR count). The Labute approximate surface area is 198 Å². The Morgan fingerprint density at radius 1 is 0.677 bits per heavy atom. The van der Waals surface area contributed by atoms with Gasteiger partial charge >= 0.3 is 0 Å². The highest BCUT2D eigenvalue weighted by Gasteiger charge is 2.43. The third-order valence-corrected chi connectivity index (χ3v) is 16.9. The first-order valence-corrected chi connectivity index (χ1v) is 18.3. The summed E-state index contributed by atoms with van der Waals surface area (Å²) in [5, 5.41) is 0.404. The molecule has 0 aliphatic heterocycles. The van der Waals surface area contributed by atoms with Gasteiger partial charge in [0.2, 0.25) is 0 Å². The van der Waals surface area contributed by atoms with Crippen molar-refractivity contribution in [2.24, 2.45) is 11.8 Å². The molecule has 4 atom stereocenters. The monoisotopic (exact) mass is 468 g/mol. The van der Waals surface area contributed by atoms with Crippen LogP contribution in [0.3, 0.4) is 0 Å². The summed E-state index contributed by atoms with van der Waals surface area (Å²) in [6.45, 7) is 36.1. The standard InChI is InChI=1S/C27H56O2Si2/c1-15-17-19-22(3)24(28-30(11,12)26(5,6)7)21-25(23(4)20-18-16-2)29-31(13,14)27(8,9)10/h15-16,22-25H,1-2,17-21H2,3-14H3/t22-,23-,24+,25+/m0/s1. The molecule has 0 aromatic carbocycles. The molecular formula is C27H56O2Si2. The summed E-state index contributed by atoms with van der Waals surface area (Å²) in [7, 11) is -3.76. The van der Waals surface area contributed by atoms with Crippen LogP contribution in [0.25, 0.3) is 0 Å². The minimum Gasteiger partial charge on any atom is -0.414 e. The van der Waals surface area contributed by atoms with Gasteiger partial charge in [0, 0.05) is 0 Å². The van der Waals surface area contributed by atoms with Crippen LogP contribution in [0.2, 0.25) is 36.3 Å². The first-order valence-electron chi connectivity index (χ1n) is 12.5. The number of rotatable bonds is 14. The second-order valence-electron chi connectivity index (χ2n) is 12.8. The molecule has 0 N–H and O–H groups in total. The van der Waals surface area contributed by atoms with Gasteiger partial charge in [-0.05, 0) is 80.2 Å². The van der Waals surface area contributed by atoms with Crippen molar-refractivity contribution in [3.63, 3.8) is 0 Å². The largest absolute Gasteiger partial charge is 0.414 e. The molecule has 2 nitrogen and oxygen atoms in total. The molecule has 0 saturated carbocycles. The van der Waals surface area contributed by atoms with E-state index >= 15 is 0 Å². The van der Waals surface area contributed by atoms with Crippen molar-refractivity contribution in [3.05, 3.63) is 25.3 Å². The van der Waals surface area contributed by atoms with Crippen LogP contribution in [-0.4, -0.2) is 28.8 Å². The maximum Gasteiger partial charge on any atom is 0.192 e. The van der Waals surface area contributed by atoms with E-state index in [-0.39, 0.29) is 22.3 Å². The van der Waals surface area contributed by atoms with E-state index in [1.807, 2.05) is 12.2 Å². The lowest BCUT2D eigenvalue weighted by Crippen LogP contribution is -2.49. The van der Waals surface area contributed by atoms with Crippen molar-refractivity contribution in [3.8, 4) is 0 Å². The van der Waals surface area contributed by atoms with Gasteiger partial charge in [0.25, 0.3) is 0 Å². The van der Waals surface area contributed by atoms with Gasteiger partial charge in [-0.2, -0.15) is 0 Å². The van der Waals surface area contributed by atoms with E-state index in [2.05, 4.69) is 94.7 Å². The van der Waals surface area contributed by atoms with Crippen LogP contribution in [0.1, 0.15) is 87.5 Å². The van der Waals surface area contributed by atoms with Gasteiger partial charge in [-0.15, -0.1) is 13.2 Å². The van der Waals surface area contributed by atoms with Crippen molar-refractivity contribution in [2.45, 2.75) is 136 Å². The van der Waals surface area contributed by atoms with Crippen LogP contribution in [0.15, 0.2) is 25.3 Å². The van der Waals surface area contributed by atoms with Crippen molar-refractivity contribution in [2.75, 3.05) is 0 Å². The smallest absolute Gasteiger partial charge is 0.192 e. The molecule has 0 aliphatic carbocycles. The molecule has 0 aromatic heterocycles. The minimum absolute atomic E-state index is 0.202. The third kappa shape index (κ3) is 10.1. The van der Waals surface area contributed by atoms with Crippen LogP contribution in [0.4, 0.5) is 0 Å². The van der Waals surface area contributed by atoms with Crippen LogP contribution in [0, 0.1) is 11.8 Å². The van der Waals surface area contributed by atoms with E-state index in [0.717, 1.165) is 32.1 Å². The Morgan fingerprint density at radius 3 is 1.19 bits per heavy atom. The molecule has 31 heavy (non-hydrogen) atoms. The zero-order chi connectivity index (χ0) is 24.7. The fourth-order valence-corrected chi connectivity index (χ4v) is 6.14. The summed E-state index contributed by atoms with van der Waals surface area (Å²) in [5.74, 6) is 0.980. The van der Waals surface area contributed by atoms with Crippen molar-refractivity contribution in [1.29, 1.82) is 0 Å². The zero-order valence-corrected chi connectivity index (χ0v) is 25.2. The van der Waals surface area contributed by atoms with Crippen LogP contribution < -0.4 is 0 Å². The van der Waals surface area contributed by atoms with Gasteiger partial charge < -0.3 is 8.85 Å². The number of hydrogen-bond donors (Lipinski definition) is 0. The lowest BCUT2D eigenvalue weighted by Gasteiger charge is -2.45. The van der Waals surface area contributed by atoms with Gasteiger partial charge in [-0.25, -0.2) is 0 Å².